The highest BCUT2D eigenvalue weighted by Gasteiger charge is 2.45. The van der Waals surface area contributed by atoms with E-state index in [0.717, 1.165) is 12.3 Å². The van der Waals surface area contributed by atoms with Crippen LogP contribution in [0.4, 0.5) is 19.0 Å². The number of nitrogens with two attached hydrogens (primary N) is 1. The zero-order valence-corrected chi connectivity index (χ0v) is 16.2. The van der Waals surface area contributed by atoms with Crippen LogP contribution < -0.4 is 15.8 Å². The van der Waals surface area contributed by atoms with Crippen LogP contribution in [-0.4, -0.2) is 49.6 Å². The third-order valence-corrected chi connectivity index (χ3v) is 6.07. The molecule has 0 bridgehead atoms. The molecular weight excluding hydrogens is 415 g/mol. The lowest BCUT2D eigenvalue weighted by molar-refractivity contribution is -0.0167. The van der Waals surface area contributed by atoms with Gasteiger partial charge >= 0.3 is 0 Å². The minimum absolute atomic E-state index is 0.0225. The van der Waals surface area contributed by atoms with Gasteiger partial charge in [0, 0.05) is 36.4 Å². The van der Waals surface area contributed by atoms with Crippen molar-refractivity contribution in [3.8, 4) is 5.75 Å². The van der Waals surface area contributed by atoms with Crippen molar-refractivity contribution in [2.75, 3.05) is 12.3 Å². The topological polar surface area (TPSA) is 118 Å². The largest absolute Gasteiger partial charge is 0.487 e. The molecule has 0 spiro atoms. The molecular formula is C20H20F3N5O3. The molecule has 5 rings (SSSR count). The summed E-state index contributed by atoms with van der Waals surface area (Å²) in [6.45, 7) is 0.803. The van der Waals surface area contributed by atoms with Gasteiger partial charge in [-0.2, -0.15) is 0 Å². The molecule has 0 radical (unpaired) electrons. The fourth-order valence-corrected chi connectivity index (χ4v) is 4.52. The number of nitrogens with zero attached hydrogens (tertiary/aromatic N) is 3. The average molecular weight is 435 g/mol. The summed E-state index contributed by atoms with van der Waals surface area (Å²) in [6, 6.07) is 0.173. The zero-order chi connectivity index (χ0) is 21.9. The molecule has 164 valence electrons. The summed E-state index contributed by atoms with van der Waals surface area (Å²) in [6.07, 6.45) is -0.877. The summed E-state index contributed by atoms with van der Waals surface area (Å²) in [5, 5.41) is 24.3. The summed E-state index contributed by atoms with van der Waals surface area (Å²) in [7, 11) is 0. The lowest BCUT2D eigenvalue weighted by Gasteiger charge is -2.25. The van der Waals surface area contributed by atoms with Crippen LogP contribution in [0.15, 0.2) is 18.6 Å². The van der Waals surface area contributed by atoms with Crippen molar-refractivity contribution in [1.82, 2.24) is 19.9 Å². The van der Waals surface area contributed by atoms with Crippen molar-refractivity contribution in [1.29, 1.82) is 0 Å². The van der Waals surface area contributed by atoms with Crippen molar-refractivity contribution in [2.45, 2.75) is 43.7 Å². The first-order valence-electron chi connectivity index (χ1n) is 9.86. The van der Waals surface area contributed by atoms with Gasteiger partial charge in [0.1, 0.15) is 41.9 Å². The molecule has 4 atom stereocenters. The minimum Gasteiger partial charge on any atom is -0.487 e. The Morgan fingerprint density at radius 1 is 1.13 bits per heavy atom. The third-order valence-electron chi connectivity index (χ3n) is 6.07. The molecule has 1 aliphatic carbocycles. The predicted octanol–water partition coefficient (Wildman–Crippen LogP) is 1.19. The molecule has 3 aromatic rings. The van der Waals surface area contributed by atoms with Gasteiger partial charge in [0.15, 0.2) is 17.5 Å². The van der Waals surface area contributed by atoms with Gasteiger partial charge < -0.3 is 30.6 Å². The number of aliphatic hydroxyl groups is 2. The lowest BCUT2D eigenvalue weighted by Crippen LogP contribution is -2.35. The van der Waals surface area contributed by atoms with Crippen LogP contribution in [0.1, 0.15) is 23.6 Å². The summed E-state index contributed by atoms with van der Waals surface area (Å²) in [5.74, 6) is -2.53. The number of rotatable bonds is 3. The highest BCUT2D eigenvalue weighted by molar-refractivity contribution is 5.86. The zero-order valence-electron chi connectivity index (χ0n) is 16.2. The second-order valence-electron chi connectivity index (χ2n) is 7.84. The molecule has 8 nitrogen and oxygen atoms in total. The number of hydrogen-bond acceptors (Lipinski definition) is 7. The number of fused-ring (bicyclic) bond motifs is 2. The number of nitrogen functional groups attached to an aromatic ring is 1. The first kappa shape index (κ1) is 20.0. The monoisotopic (exact) mass is 435 g/mol. The van der Waals surface area contributed by atoms with Gasteiger partial charge in [0.2, 0.25) is 0 Å². The van der Waals surface area contributed by atoms with E-state index in [4.69, 9.17) is 10.5 Å². The van der Waals surface area contributed by atoms with Gasteiger partial charge in [-0.3, -0.25) is 0 Å². The first-order chi connectivity index (χ1) is 14.9. The van der Waals surface area contributed by atoms with Gasteiger partial charge in [-0.25, -0.2) is 23.1 Å². The van der Waals surface area contributed by atoms with E-state index >= 15 is 0 Å². The molecule has 11 heteroatoms. The number of benzene rings is 1. The van der Waals surface area contributed by atoms with E-state index in [1.54, 1.807) is 0 Å². The Labute approximate surface area is 174 Å². The van der Waals surface area contributed by atoms with Crippen LogP contribution in [0.2, 0.25) is 0 Å². The van der Waals surface area contributed by atoms with Crippen molar-refractivity contribution in [3.05, 3.63) is 47.2 Å². The predicted molar refractivity (Wildman–Crippen MR) is 104 cm³/mol. The fourth-order valence-electron chi connectivity index (χ4n) is 4.52. The summed E-state index contributed by atoms with van der Waals surface area (Å²) in [5.41, 5.74) is 6.64. The SMILES string of the molecule is Nc1ncnc2c1c(F)cn2C1C[C@H](Oc2cc(F)c(F)c3c2CNCC3)[C@@H](O)[C@H]1O. The van der Waals surface area contributed by atoms with E-state index in [9.17, 15) is 23.4 Å². The van der Waals surface area contributed by atoms with Gasteiger partial charge in [-0.05, 0) is 13.0 Å². The molecule has 0 saturated heterocycles. The molecule has 1 fully saturated rings. The molecule has 2 aromatic heterocycles. The maximum Gasteiger partial charge on any atom is 0.162 e. The van der Waals surface area contributed by atoms with Crippen LogP contribution in [-0.2, 0) is 13.0 Å². The number of ether oxygens (including phenoxy) is 1. The van der Waals surface area contributed by atoms with Crippen LogP contribution in [0, 0.1) is 17.5 Å². The minimum atomic E-state index is -1.34. The lowest BCUT2D eigenvalue weighted by atomic mass is 9.99. The molecule has 31 heavy (non-hydrogen) atoms. The van der Waals surface area contributed by atoms with Crippen molar-refractivity contribution >= 4 is 16.9 Å². The quantitative estimate of drug-likeness (QED) is 0.488. The molecule has 1 unspecified atom stereocenters. The number of aliphatic hydroxyl groups excluding tert-OH is 2. The number of aromatic nitrogens is 3. The highest BCUT2D eigenvalue weighted by Crippen LogP contribution is 2.39. The molecule has 5 N–H and O–H groups in total. The van der Waals surface area contributed by atoms with E-state index in [1.807, 2.05) is 0 Å². The van der Waals surface area contributed by atoms with Crippen molar-refractivity contribution in [2.24, 2.45) is 0 Å². The molecule has 3 heterocycles. The average Bonchev–Trinajstić information content (AvgIpc) is 3.24. The Bertz CT molecular complexity index is 1170. The maximum atomic E-state index is 14.4. The van der Waals surface area contributed by atoms with Gasteiger partial charge in [-0.1, -0.05) is 0 Å². The Morgan fingerprint density at radius 2 is 1.94 bits per heavy atom. The number of hydrogen-bond donors (Lipinski definition) is 4. The molecule has 1 aromatic carbocycles. The molecule has 0 amide bonds. The Kier molecular flexibility index (Phi) is 4.76. The van der Waals surface area contributed by atoms with Crippen LogP contribution in [0.5, 0.6) is 5.75 Å². The van der Waals surface area contributed by atoms with Crippen molar-refractivity contribution < 1.29 is 28.1 Å². The summed E-state index contributed by atoms with van der Waals surface area (Å²) < 4.78 is 50.0. The van der Waals surface area contributed by atoms with E-state index < -0.39 is 41.8 Å². The molecule has 1 saturated carbocycles. The second-order valence-corrected chi connectivity index (χ2v) is 7.84. The number of nitrogens with one attached hydrogen (secondary N) is 1. The Morgan fingerprint density at radius 3 is 2.74 bits per heavy atom. The van der Waals surface area contributed by atoms with E-state index in [1.165, 1.54) is 10.9 Å². The van der Waals surface area contributed by atoms with Crippen LogP contribution in [0.25, 0.3) is 11.0 Å². The van der Waals surface area contributed by atoms with E-state index in [2.05, 4.69) is 15.3 Å². The Hall–Kier alpha value is -2.89. The first-order valence-corrected chi connectivity index (χ1v) is 9.86. The summed E-state index contributed by atoms with van der Waals surface area (Å²) in [4.78, 5) is 7.83. The molecule has 2 aliphatic rings. The standard InChI is InChI=1S/C20H20F3N5O3/c21-10-3-13(9-5-25-2-1-8(9)16(10)23)31-14-4-12(17(29)18(14)30)28-6-11(22)15-19(24)26-7-27-20(15)28/h3,6-7,12,14,17-18,25,29-30H,1-2,4-5H2,(H2,24,26,27)/t12?,14-,17-,18+/m0/s1. The Balaban J connectivity index is 1.48. The van der Waals surface area contributed by atoms with Crippen molar-refractivity contribution in [3.63, 3.8) is 0 Å². The number of halogens is 3. The van der Waals surface area contributed by atoms with Crippen LogP contribution >= 0.6 is 0 Å². The van der Waals surface area contributed by atoms with Gasteiger partial charge in [0.25, 0.3) is 0 Å². The fraction of sp³-hybridized carbons (Fsp3) is 0.400. The van der Waals surface area contributed by atoms with E-state index in [0.29, 0.717) is 25.1 Å². The number of anilines is 1. The second kappa shape index (κ2) is 7.36. The normalized spacial score (nSPS) is 25.7. The van der Waals surface area contributed by atoms with Crippen LogP contribution in [0.3, 0.4) is 0 Å². The van der Waals surface area contributed by atoms with Gasteiger partial charge in [-0.15, -0.1) is 0 Å². The third kappa shape index (κ3) is 3.11. The maximum absolute atomic E-state index is 14.4. The molecule has 1 aliphatic heterocycles. The van der Waals surface area contributed by atoms with Gasteiger partial charge in [0.05, 0.1) is 11.4 Å². The highest BCUT2D eigenvalue weighted by atomic mass is 19.2. The smallest absolute Gasteiger partial charge is 0.162 e. The summed E-state index contributed by atoms with van der Waals surface area (Å²) >= 11 is 0. The van der Waals surface area contributed by atoms with E-state index in [-0.39, 0.29) is 34.6 Å².